The molecule has 3 N–H and O–H groups in total. The molecule has 0 amide bonds. The summed E-state index contributed by atoms with van der Waals surface area (Å²) >= 11 is 7.37. The highest BCUT2D eigenvalue weighted by Gasteiger charge is 2.35. The smallest absolute Gasteiger partial charge is 0.0931 e. The second kappa shape index (κ2) is 3.81. The van der Waals surface area contributed by atoms with Crippen LogP contribution in [-0.4, -0.2) is 16.7 Å². The second-order valence-electron chi connectivity index (χ2n) is 4.11. The Morgan fingerprint density at radius 2 is 2.43 bits per heavy atom. The maximum Gasteiger partial charge on any atom is 0.0931 e. The number of hydrogen-bond donors (Lipinski definition) is 2. The molecular formula is C10H14ClNOS. The third kappa shape index (κ3) is 2.28. The molecule has 0 saturated heterocycles. The van der Waals surface area contributed by atoms with Gasteiger partial charge in [0.25, 0.3) is 0 Å². The van der Waals surface area contributed by atoms with Gasteiger partial charge in [-0.05, 0) is 31.4 Å². The summed E-state index contributed by atoms with van der Waals surface area (Å²) in [6.07, 6.45) is 3.14. The van der Waals surface area contributed by atoms with Gasteiger partial charge in [-0.3, -0.25) is 0 Å². The highest BCUT2D eigenvalue weighted by molar-refractivity contribution is 7.16. The minimum atomic E-state index is -0.590. The lowest BCUT2D eigenvalue weighted by molar-refractivity contribution is 0.0477. The molecule has 0 bridgehead atoms. The van der Waals surface area contributed by atoms with Crippen molar-refractivity contribution < 1.29 is 5.11 Å². The molecule has 0 spiro atoms. The van der Waals surface area contributed by atoms with Crippen molar-refractivity contribution in [2.24, 2.45) is 5.73 Å². The highest BCUT2D eigenvalue weighted by Crippen LogP contribution is 2.34. The van der Waals surface area contributed by atoms with Crippen LogP contribution >= 0.6 is 22.9 Å². The summed E-state index contributed by atoms with van der Waals surface area (Å²) < 4.78 is 0.783. The molecule has 0 radical (unpaired) electrons. The fraction of sp³-hybridized carbons (Fsp3) is 0.600. The summed E-state index contributed by atoms with van der Waals surface area (Å²) in [6, 6.07) is 4.02. The van der Waals surface area contributed by atoms with Crippen molar-refractivity contribution in [1.82, 2.24) is 0 Å². The number of nitrogens with two attached hydrogens (primary N) is 1. The van der Waals surface area contributed by atoms with E-state index in [0.29, 0.717) is 12.8 Å². The van der Waals surface area contributed by atoms with Gasteiger partial charge < -0.3 is 10.8 Å². The molecule has 0 aliphatic heterocycles. The number of halogens is 1. The van der Waals surface area contributed by atoms with Crippen LogP contribution < -0.4 is 5.73 Å². The molecule has 2 rings (SSSR count). The second-order valence-corrected chi connectivity index (χ2v) is 5.91. The SMILES string of the molecule is NC1CCC(O)(Cc2ccc(Cl)s2)C1. The summed E-state index contributed by atoms with van der Waals surface area (Å²) in [6.45, 7) is 0. The van der Waals surface area contributed by atoms with Gasteiger partial charge in [-0.15, -0.1) is 11.3 Å². The Labute approximate surface area is 92.7 Å². The molecule has 1 saturated carbocycles. The van der Waals surface area contributed by atoms with E-state index in [1.165, 1.54) is 11.3 Å². The zero-order valence-corrected chi connectivity index (χ0v) is 9.44. The first-order valence-corrected chi connectivity index (χ1v) is 5.99. The van der Waals surface area contributed by atoms with Crippen LogP contribution in [0.3, 0.4) is 0 Å². The van der Waals surface area contributed by atoms with Gasteiger partial charge in [-0.25, -0.2) is 0 Å². The predicted octanol–water partition coefficient (Wildman–Crippen LogP) is 2.19. The number of thiophene rings is 1. The van der Waals surface area contributed by atoms with E-state index >= 15 is 0 Å². The molecule has 1 aromatic heterocycles. The molecule has 2 unspecified atom stereocenters. The van der Waals surface area contributed by atoms with Crippen LogP contribution in [0.2, 0.25) is 4.34 Å². The first kappa shape index (κ1) is 10.4. The van der Waals surface area contributed by atoms with Gasteiger partial charge in [0.2, 0.25) is 0 Å². The van der Waals surface area contributed by atoms with Gasteiger partial charge in [0.05, 0.1) is 9.94 Å². The van der Waals surface area contributed by atoms with E-state index in [1.54, 1.807) is 0 Å². The molecule has 1 aromatic rings. The van der Waals surface area contributed by atoms with Crippen LogP contribution in [0.4, 0.5) is 0 Å². The van der Waals surface area contributed by atoms with E-state index in [2.05, 4.69) is 0 Å². The quantitative estimate of drug-likeness (QED) is 0.820. The lowest BCUT2D eigenvalue weighted by atomic mass is 9.97. The Morgan fingerprint density at radius 1 is 1.64 bits per heavy atom. The van der Waals surface area contributed by atoms with Crippen molar-refractivity contribution in [2.75, 3.05) is 0 Å². The minimum absolute atomic E-state index is 0.162. The fourth-order valence-corrected chi connectivity index (χ4v) is 3.30. The zero-order valence-electron chi connectivity index (χ0n) is 7.87. The number of rotatable bonds is 2. The predicted molar refractivity (Wildman–Crippen MR) is 59.8 cm³/mol. The minimum Gasteiger partial charge on any atom is -0.389 e. The third-order valence-corrected chi connectivity index (χ3v) is 3.99. The molecule has 1 heterocycles. The molecular weight excluding hydrogens is 218 g/mol. The maximum absolute atomic E-state index is 10.2. The molecule has 2 nitrogen and oxygen atoms in total. The molecule has 78 valence electrons. The summed E-state index contributed by atoms with van der Waals surface area (Å²) in [4.78, 5) is 1.14. The van der Waals surface area contributed by atoms with Gasteiger partial charge in [0.15, 0.2) is 0 Å². The van der Waals surface area contributed by atoms with Gasteiger partial charge >= 0.3 is 0 Å². The van der Waals surface area contributed by atoms with Gasteiger partial charge in [-0.1, -0.05) is 11.6 Å². The average Bonchev–Trinajstić information content (AvgIpc) is 2.60. The van der Waals surface area contributed by atoms with Crippen LogP contribution in [0.15, 0.2) is 12.1 Å². The first-order valence-electron chi connectivity index (χ1n) is 4.80. The lowest BCUT2D eigenvalue weighted by Gasteiger charge is -2.21. The molecule has 1 aliphatic rings. The van der Waals surface area contributed by atoms with E-state index < -0.39 is 5.60 Å². The Balaban J connectivity index is 2.03. The number of aliphatic hydroxyl groups is 1. The van der Waals surface area contributed by atoms with Crippen LogP contribution in [0.25, 0.3) is 0 Å². The molecule has 1 fully saturated rings. The van der Waals surface area contributed by atoms with Gasteiger partial charge in [-0.2, -0.15) is 0 Å². The van der Waals surface area contributed by atoms with Crippen LogP contribution in [-0.2, 0) is 6.42 Å². The zero-order chi connectivity index (χ0) is 10.2. The van der Waals surface area contributed by atoms with Gasteiger partial charge in [0.1, 0.15) is 0 Å². The van der Waals surface area contributed by atoms with E-state index in [9.17, 15) is 5.11 Å². The monoisotopic (exact) mass is 231 g/mol. The van der Waals surface area contributed by atoms with E-state index in [1.807, 2.05) is 12.1 Å². The normalized spacial score (nSPS) is 32.4. The Bertz CT molecular complexity index is 328. The van der Waals surface area contributed by atoms with Crippen LogP contribution in [0.1, 0.15) is 24.1 Å². The molecule has 14 heavy (non-hydrogen) atoms. The fourth-order valence-electron chi connectivity index (χ4n) is 2.08. The maximum atomic E-state index is 10.2. The van der Waals surface area contributed by atoms with Crippen molar-refractivity contribution in [3.05, 3.63) is 21.3 Å². The molecule has 2 atom stereocenters. The van der Waals surface area contributed by atoms with Crippen molar-refractivity contribution in [3.63, 3.8) is 0 Å². The third-order valence-electron chi connectivity index (χ3n) is 2.75. The van der Waals surface area contributed by atoms with Crippen LogP contribution in [0.5, 0.6) is 0 Å². The molecule has 4 heteroatoms. The summed E-state index contributed by atoms with van der Waals surface area (Å²) in [5.41, 5.74) is 5.20. The number of hydrogen-bond acceptors (Lipinski definition) is 3. The van der Waals surface area contributed by atoms with E-state index in [-0.39, 0.29) is 6.04 Å². The Morgan fingerprint density at radius 3 is 2.93 bits per heavy atom. The summed E-state index contributed by atoms with van der Waals surface area (Å²) in [7, 11) is 0. The van der Waals surface area contributed by atoms with Crippen molar-refractivity contribution >= 4 is 22.9 Å². The lowest BCUT2D eigenvalue weighted by Crippen LogP contribution is -2.29. The summed E-state index contributed by atoms with van der Waals surface area (Å²) in [5.74, 6) is 0. The Hall–Kier alpha value is -0.0900. The topological polar surface area (TPSA) is 46.2 Å². The van der Waals surface area contributed by atoms with Crippen molar-refractivity contribution in [2.45, 2.75) is 37.3 Å². The first-order chi connectivity index (χ1) is 6.57. The molecule has 0 aromatic carbocycles. The van der Waals surface area contributed by atoms with Crippen molar-refractivity contribution in [3.8, 4) is 0 Å². The van der Waals surface area contributed by atoms with E-state index in [0.717, 1.165) is 22.1 Å². The largest absolute Gasteiger partial charge is 0.389 e. The standard InChI is InChI=1S/C10H14ClNOS/c11-9-2-1-8(14-9)6-10(13)4-3-7(12)5-10/h1-2,7,13H,3-6,12H2. The van der Waals surface area contributed by atoms with E-state index in [4.69, 9.17) is 17.3 Å². The highest BCUT2D eigenvalue weighted by atomic mass is 35.5. The summed E-state index contributed by atoms with van der Waals surface area (Å²) in [5, 5.41) is 10.2. The average molecular weight is 232 g/mol. The Kier molecular flexibility index (Phi) is 2.84. The van der Waals surface area contributed by atoms with Gasteiger partial charge in [0, 0.05) is 17.3 Å². The van der Waals surface area contributed by atoms with Crippen molar-refractivity contribution in [1.29, 1.82) is 0 Å². The van der Waals surface area contributed by atoms with Crippen LogP contribution in [0, 0.1) is 0 Å². The molecule has 1 aliphatic carbocycles.